The van der Waals surface area contributed by atoms with Crippen LogP contribution in [0.25, 0.3) is 0 Å². The second-order valence-corrected chi connectivity index (χ2v) is 5.47. The van der Waals surface area contributed by atoms with Gasteiger partial charge >= 0.3 is 0 Å². The fourth-order valence-electron chi connectivity index (χ4n) is 2.73. The van der Waals surface area contributed by atoms with Crippen LogP contribution in [-0.2, 0) is 19.8 Å². The zero-order valence-electron chi connectivity index (χ0n) is 14.6. The Morgan fingerprint density at radius 1 is 1.25 bits per heavy atom. The monoisotopic (exact) mass is 334 g/mol. The molecule has 0 saturated heterocycles. The molecule has 1 atom stereocenters. The number of nitrogens with one attached hydrogen (secondary N) is 2. The fraction of sp³-hybridized carbons (Fsp3) is 0.444. The highest BCUT2D eigenvalue weighted by Gasteiger charge is 2.21. The lowest BCUT2D eigenvalue weighted by Gasteiger charge is -2.18. The van der Waals surface area contributed by atoms with Gasteiger partial charge in [0.15, 0.2) is 0 Å². The van der Waals surface area contributed by atoms with E-state index in [1.165, 1.54) is 6.07 Å². The van der Waals surface area contributed by atoms with Crippen LogP contribution in [0.2, 0.25) is 0 Å². The molecule has 130 valence electrons. The van der Waals surface area contributed by atoms with E-state index >= 15 is 0 Å². The molecule has 0 bridgehead atoms. The summed E-state index contributed by atoms with van der Waals surface area (Å²) in [7, 11) is 0. The van der Waals surface area contributed by atoms with Gasteiger partial charge in [-0.3, -0.25) is 0 Å². The van der Waals surface area contributed by atoms with Crippen LogP contribution in [0.15, 0.2) is 18.2 Å². The zero-order valence-corrected chi connectivity index (χ0v) is 14.6. The number of halogens is 2. The fourth-order valence-corrected chi connectivity index (χ4v) is 2.73. The van der Waals surface area contributed by atoms with Crippen LogP contribution in [0.5, 0.6) is 0 Å². The molecule has 0 radical (unpaired) electrons. The largest absolute Gasteiger partial charge is 0.363 e. The first kappa shape index (κ1) is 18.3. The molecule has 0 unspecified atom stereocenters. The number of anilines is 1. The maximum Gasteiger partial charge on any atom is 0.135 e. The predicted octanol–water partition coefficient (Wildman–Crippen LogP) is 4.20. The van der Waals surface area contributed by atoms with Crippen LogP contribution in [0.3, 0.4) is 0 Å². The van der Waals surface area contributed by atoms with Gasteiger partial charge in [-0.2, -0.15) is 0 Å². The summed E-state index contributed by atoms with van der Waals surface area (Å²) < 4.78 is 27.1. The van der Waals surface area contributed by atoms with Gasteiger partial charge < -0.3 is 10.6 Å². The van der Waals surface area contributed by atoms with Gasteiger partial charge in [-0.25, -0.2) is 18.7 Å². The summed E-state index contributed by atoms with van der Waals surface area (Å²) in [6.07, 6.45) is 0. The molecule has 0 aliphatic carbocycles. The predicted molar refractivity (Wildman–Crippen MR) is 91.9 cm³/mol. The number of fused-ring (bicyclic) bond motifs is 1. The summed E-state index contributed by atoms with van der Waals surface area (Å²) in [5.74, 6) is 0.894. The Hall–Kier alpha value is -2.08. The summed E-state index contributed by atoms with van der Waals surface area (Å²) >= 11 is 0. The number of nitrogens with zero attached hydrogens (tertiary/aromatic N) is 2. The molecule has 1 aliphatic heterocycles. The molecule has 0 spiro atoms. The van der Waals surface area contributed by atoms with E-state index < -0.39 is 12.5 Å². The number of hydrogen-bond donors (Lipinski definition) is 2. The summed E-state index contributed by atoms with van der Waals surface area (Å²) in [6, 6.07) is 4.48. The number of alkyl halides is 1. The van der Waals surface area contributed by atoms with Crippen molar-refractivity contribution in [1.29, 1.82) is 0 Å². The van der Waals surface area contributed by atoms with Crippen LogP contribution in [-0.4, -0.2) is 9.97 Å². The molecule has 1 aromatic heterocycles. The van der Waals surface area contributed by atoms with E-state index in [1.54, 1.807) is 12.1 Å². The standard InChI is InChI=1S/C16H18F2N4.C2H6/c1-9(12-5-3-4-11(6-17)15(12)18)20-16-13-7-19-8-14(13)21-10(2)22-16;1-2/h3-5,9,19H,6-8H2,1-2H3,(H,20,21,22);1-2H3/t9-;/m1./s1. The van der Waals surface area contributed by atoms with Gasteiger partial charge in [0.2, 0.25) is 0 Å². The second-order valence-electron chi connectivity index (χ2n) is 5.47. The Kier molecular flexibility index (Phi) is 6.20. The molecule has 1 aromatic carbocycles. The van der Waals surface area contributed by atoms with Crippen molar-refractivity contribution in [2.75, 3.05) is 5.32 Å². The smallest absolute Gasteiger partial charge is 0.135 e. The molecule has 2 N–H and O–H groups in total. The van der Waals surface area contributed by atoms with Gasteiger partial charge in [-0.05, 0) is 13.8 Å². The molecule has 1 aliphatic rings. The topological polar surface area (TPSA) is 49.8 Å². The lowest BCUT2D eigenvalue weighted by Crippen LogP contribution is -2.14. The summed E-state index contributed by atoms with van der Waals surface area (Å²) in [4.78, 5) is 8.83. The lowest BCUT2D eigenvalue weighted by molar-refractivity contribution is 0.460. The molecule has 0 saturated carbocycles. The van der Waals surface area contributed by atoms with E-state index in [2.05, 4.69) is 20.6 Å². The van der Waals surface area contributed by atoms with Gasteiger partial charge in [0, 0.05) is 29.8 Å². The normalized spacial score (nSPS) is 13.8. The molecular weight excluding hydrogens is 310 g/mol. The Morgan fingerprint density at radius 3 is 2.71 bits per heavy atom. The molecule has 2 aromatic rings. The van der Waals surface area contributed by atoms with Gasteiger partial charge in [0.05, 0.1) is 11.7 Å². The molecule has 0 amide bonds. The number of rotatable bonds is 4. The van der Waals surface area contributed by atoms with Gasteiger partial charge in [-0.1, -0.05) is 32.0 Å². The van der Waals surface area contributed by atoms with E-state index in [-0.39, 0.29) is 11.6 Å². The first-order valence-electron chi connectivity index (χ1n) is 8.27. The van der Waals surface area contributed by atoms with Crippen LogP contribution >= 0.6 is 0 Å². The quantitative estimate of drug-likeness (QED) is 0.880. The van der Waals surface area contributed by atoms with Crippen LogP contribution in [0, 0.1) is 12.7 Å². The molecule has 24 heavy (non-hydrogen) atoms. The van der Waals surface area contributed by atoms with Crippen molar-refractivity contribution in [2.45, 2.75) is 53.5 Å². The van der Waals surface area contributed by atoms with Crippen molar-refractivity contribution >= 4 is 5.82 Å². The SMILES string of the molecule is CC.Cc1nc2c(c(N[C@H](C)c3cccc(CF)c3F)n1)CNC2. The van der Waals surface area contributed by atoms with Crippen molar-refractivity contribution in [1.82, 2.24) is 15.3 Å². The van der Waals surface area contributed by atoms with Gasteiger partial charge in [0.1, 0.15) is 24.1 Å². The summed E-state index contributed by atoms with van der Waals surface area (Å²) in [6.45, 7) is 8.27. The van der Waals surface area contributed by atoms with Crippen molar-refractivity contribution in [3.63, 3.8) is 0 Å². The number of hydrogen-bond acceptors (Lipinski definition) is 4. The summed E-state index contributed by atoms with van der Waals surface area (Å²) in [5, 5.41) is 6.47. The van der Waals surface area contributed by atoms with Gasteiger partial charge in [-0.15, -0.1) is 0 Å². The van der Waals surface area contributed by atoms with Crippen LogP contribution < -0.4 is 10.6 Å². The first-order chi connectivity index (χ1) is 11.6. The van der Waals surface area contributed by atoms with Crippen molar-refractivity contribution in [2.24, 2.45) is 0 Å². The van der Waals surface area contributed by atoms with Crippen molar-refractivity contribution < 1.29 is 8.78 Å². The minimum atomic E-state index is -0.807. The molecule has 6 heteroatoms. The lowest BCUT2D eigenvalue weighted by atomic mass is 10.0. The maximum absolute atomic E-state index is 14.3. The Bertz CT molecular complexity index is 704. The van der Waals surface area contributed by atoms with E-state index in [9.17, 15) is 8.78 Å². The number of aromatic nitrogens is 2. The summed E-state index contributed by atoms with van der Waals surface area (Å²) in [5.41, 5.74) is 2.50. The van der Waals surface area contributed by atoms with Crippen LogP contribution in [0.1, 0.15) is 55.0 Å². The molecule has 0 fully saturated rings. The molecule has 3 rings (SSSR count). The third kappa shape index (κ3) is 3.70. The zero-order chi connectivity index (χ0) is 17.7. The average molecular weight is 334 g/mol. The Morgan fingerprint density at radius 2 is 2.00 bits per heavy atom. The van der Waals surface area contributed by atoms with Crippen LogP contribution in [0.4, 0.5) is 14.6 Å². The Balaban J connectivity index is 0.00000100. The first-order valence-corrected chi connectivity index (χ1v) is 8.27. The highest BCUT2D eigenvalue weighted by atomic mass is 19.1. The van der Waals surface area contributed by atoms with Gasteiger partial charge in [0.25, 0.3) is 0 Å². The van der Waals surface area contributed by atoms with E-state index in [0.29, 0.717) is 30.3 Å². The highest BCUT2D eigenvalue weighted by molar-refractivity contribution is 5.50. The molecule has 2 heterocycles. The van der Waals surface area contributed by atoms with E-state index in [4.69, 9.17) is 0 Å². The number of aryl methyl sites for hydroxylation is 1. The minimum absolute atomic E-state index is 0.0805. The van der Waals surface area contributed by atoms with Crippen molar-refractivity contribution in [3.05, 3.63) is 52.2 Å². The molecule has 4 nitrogen and oxygen atoms in total. The minimum Gasteiger partial charge on any atom is -0.363 e. The Labute approximate surface area is 141 Å². The highest BCUT2D eigenvalue weighted by Crippen LogP contribution is 2.27. The van der Waals surface area contributed by atoms with E-state index in [1.807, 2.05) is 27.7 Å². The van der Waals surface area contributed by atoms with Crippen molar-refractivity contribution in [3.8, 4) is 0 Å². The second kappa shape index (κ2) is 8.15. The number of benzene rings is 1. The third-order valence-corrected chi connectivity index (χ3v) is 3.87. The third-order valence-electron chi connectivity index (χ3n) is 3.87. The molecular formula is C18H24F2N4. The van der Waals surface area contributed by atoms with E-state index in [0.717, 1.165) is 11.3 Å². The maximum atomic E-state index is 14.3. The average Bonchev–Trinajstić information content (AvgIpc) is 3.05.